The first-order valence-electron chi connectivity index (χ1n) is 8.80. The number of rotatable bonds is 4. The number of hydrogen-bond acceptors (Lipinski definition) is 6. The Morgan fingerprint density at radius 3 is 2.63 bits per heavy atom. The third kappa shape index (κ3) is 3.05. The van der Waals surface area contributed by atoms with Crippen LogP contribution in [0.4, 0.5) is 5.69 Å². The number of thioether (sulfide) groups is 1. The van der Waals surface area contributed by atoms with E-state index in [0.29, 0.717) is 24.5 Å². The molecule has 0 saturated heterocycles. The fourth-order valence-corrected chi connectivity index (χ4v) is 4.62. The summed E-state index contributed by atoms with van der Waals surface area (Å²) in [6, 6.07) is 5.42. The zero-order chi connectivity index (χ0) is 19.8. The zero-order valence-electron chi connectivity index (χ0n) is 15.7. The lowest BCUT2D eigenvalue weighted by Gasteiger charge is -2.29. The lowest BCUT2D eigenvalue weighted by atomic mass is 10.1. The van der Waals surface area contributed by atoms with Crippen molar-refractivity contribution in [1.82, 2.24) is 10.3 Å². The molecule has 0 aliphatic carbocycles. The van der Waals surface area contributed by atoms with Gasteiger partial charge in [0.2, 0.25) is 16.7 Å². The van der Waals surface area contributed by atoms with Gasteiger partial charge in [-0.15, -0.1) is 5.10 Å². The molecule has 0 radical (unpaired) electrons. The molecule has 1 aromatic carbocycles. The van der Waals surface area contributed by atoms with Crippen LogP contribution in [0.5, 0.6) is 5.75 Å². The molecule has 1 spiro atoms. The van der Waals surface area contributed by atoms with Crippen molar-refractivity contribution in [2.24, 2.45) is 5.10 Å². The van der Waals surface area contributed by atoms with E-state index in [-0.39, 0.29) is 22.9 Å². The number of benzene rings is 1. The van der Waals surface area contributed by atoms with Crippen LogP contribution >= 0.6 is 11.8 Å². The summed E-state index contributed by atoms with van der Waals surface area (Å²) >= 11 is 1.07. The number of ether oxygens (including phenoxy) is 1. The number of nitrogens with zero attached hydrogens (tertiary/aromatic N) is 3. The van der Waals surface area contributed by atoms with E-state index in [2.05, 4.69) is 10.4 Å². The van der Waals surface area contributed by atoms with Gasteiger partial charge in [-0.25, -0.2) is 0 Å². The molecule has 0 bridgehead atoms. The number of anilines is 1. The molecule has 1 N–H and O–H groups in total. The summed E-state index contributed by atoms with van der Waals surface area (Å²) in [7, 11) is 0. The maximum absolute atomic E-state index is 13.5. The van der Waals surface area contributed by atoms with Gasteiger partial charge in [0.15, 0.2) is 5.17 Å². The van der Waals surface area contributed by atoms with Crippen molar-refractivity contribution >= 4 is 40.3 Å². The van der Waals surface area contributed by atoms with E-state index < -0.39 is 4.87 Å². The monoisotopic (exact) mass is 390 g/mol. The SMILES string of the molecule is CCCN1C(=O)[C@@]2(SC(NC(C)=O)=NN2C(C)=O)c2cc(OCC)ccc21. The number of nitrogens with one attached hydrogen (secondary N) is 1. The Kier molecular flexibility index (Phi) is 5.14. The van der Waals surface area contributed by atoms with E-state index in [0.717, 1.165) is 28.9 Å². The van der Waals surface area contributed by atoms with Crippen molar-refractivity contribution in [3.63, 3.8) is 0 Å². The predicted octanol–water partition coefficient (Wildman–Crippen LogP) is 2.00. The highest BCUT2D eigenvalue weighted by molar-refractivity contribution is 8.15. The van der Waals surface area contributed by atoms with Gasteiger partial charge in [0.1, 0.15) is 5.75 Å². The topological polar surface area (TPSA) is 91.3 Å². The summed E-state index contributed by atoms with van der Waals surface area (Å²) in [6.07, 6.45) is 0.763. The molecule has 2 aliphatic rings. The molecule has 144 valence electrons. The predicted molar refractivity (Wildman–Crippen MR) is 103 cm³/mol. The first-order valence-corrected chi connectivity index (χ1v) is 9.62. The molecule has 9 heteroatoms. The molecule has 8 nitrogen and oxygen atoms in total. The van der Waals surface area contributed by atoms with Crippen LogP contribution in [-0.4, -0.2) is 41.0 Å². The molecule has 2 heterocycles. The van der Waals surface area contributed by atoms with Gasteiger partial charge in [-0.1, -0.05) is 6.92 Å². The Labute approximate surface area is 161 Å². The van der Waals surface area contributed by atoms with Gasteiger partial charge in [0, 0.05) is 26.0 Å². The fraction of sp³-hybridized carbons (Fsp3) is 0.444. The van der Waals surface area contributed by atoms with E-state index in [1.807, 2.05) is 26.0 Å². The number of carbonyl (C=O) groups is 3. The second-order valence-corrected chi connectivity index (χ2v) is 7.41. The molecule has 0 unspecified atom stereocenters. The van der Waals surface area contributed by atoms with E-state index in [1.165, 1.54) is 13.8 Å². The van der Waals surface area contributed by atoms with Gasteiger partial charge in [-0.05, 0) is 43.3 Å². The number of carbonyl (C=O) groups excluding carboxylic acids is 3. The van der Waals surface area contributed by atoms with Crippen molar-refractivity contribution < 1.29 is 19.1 Å². The summed E-state index contributed by atoms with van der Waals surface area (Å²) in [4.78, 5) is 37.6. The molecule has 0 saturated carbocycles. The minimum Gasteiger partial charge on any atom is -0.494 e. The van der Waals surface area contributed by atoms with Gasteiger partial charge in [0.25, 0.3) is 5.91 Å². The van der Waals surface area contributed by atoms with Crippen LogP contribution in [0.1, 0.15) is 39.7 Å². The molecular weight excluding hydrogens is 368 g/mol. The van der Waals surface area contributed by atoms with Crippen molar-refractivity contribution in [2.45, 2.75) is 39.0 Å². The first kappa shape index (κ1) is 19.2. The summed E-state index contributed by atoms with van der Waals surface area (Å²) in [5.74, 6) is -0.348. The Balaban J connectivity index is 2.16. The standard InChI is InChI=1S/C18H22N4O4S/c1-5-9-21-15-8-7-13(26-6-2)10-14(15)18(16(21)25)22(12(4)24)20-17(27-18)19-11(3)23/h7-8,10H,5-6,9H2,1-4H3,(H,19,20,23)/t18-/m0/s1. The molecule has 3 rings (SSSR count). The second kappa shape index (κ2) is 7.22. The maximum atomic E-state index is 13.5. The molecule has 27 heavy (non-hydrogen) atoms. The fourth-order valence-electron chi connectivity index (χ4n) is 3.29. The normalized spacial score (nSPS) is 20.7. The minimum absolute atomic E-state index is 0.220. The number of hydrazone groups is 1. The summed E-state index contributed by atoms with van der Waals surface area (Å²) in [5, 5.41) is 8.20. The maximum Gasteiger partial charge on any atom is 0.270 e. The molecular formula is C18H22N4O4S. The Morgan fingerprint density at radius 1 is 1.30 bits per heavy atom. The van der Waals surface area contributed by atoms with Crippen molar-refractivity contribution in [1.29, 1.82) is 0 Å². The third-order valence-electron chi connectivity index (χ3n) is 4.23. The van der Waals surface area contributed by atoms with Crippen LogP contribution in [0.15, 0.2) is 23.3 Å². The van der Waals surface area contributed by atoms with E-state index in [4.69, 9.17) is 4.74 Å². The summed E-state index contributed by atoms with van der Waals surface area (Å²) < 4.78 is 5.60. The lowest BCUT2D eigenvalue weighted by Crippen LogP contribution is -2.48. The van der Waals surface area contributed by atoms with E-state index in [9.17, 15) is 14.4 Å². The van der Waals surface area contributed by atoms with Crippen molar-refractivity contribution in [2.75, 3.05) is 18.1 Å². The molecule has 0 fully saturated rings. The number of hydrogen-bond donors (Lipinski definition) is 1. The van der Waals surface area contributed by atoms with Crippen LogP contribution in [0.2, 0.25) is 0 Å². The van der Waals surface area contributed by atoms with Crippen LogP contribution in [0, 0.1) is 0 Å². The molecule has 1 aromatic rings. The quantitative estimate of drug-likeness (QED) is 0.849. The second-order valence-electron chi connectivity index (χ2n) is 6.23. The Bertz CT molecular complexity index is 841. The zero-order valence-corrected chi connectivity index (χ0v) is 16.6. The van der Waals surface area contributed by atoms with Gasteiger partial charge >= 0.3 is 0 Å². The van der Waals surface area contributed by atoms with Crippen molar-refractivity contribution in [3.8, 4) is 5.75 Å². The average Bonchev–Trinajstić information content (AvgIpc) is 3.08. The van der Waals surface area contributed by atoms with E-state index in [1.54, 1.807) is 11.0 Å². The van der Waals surface area contributed by atoms with Crippen LogP contribution < -0.4 is 15.0 Å². The Hall–Kier alpha value is -2.55. The first-order chi connectivity index (χ1) is 12.8. The lowest BCUT2D eigenvalue weighted by molar-refractivity contribution is -0.139. The highest BCUT2D eigenvalue weighted by Gasteiger charge is 2.61. The van der Waals surface area contributed by atoms with Gasteiger partial charge in [0.05, 0.1) is 12.3 Å². The highest BCUT2D eigenvalue weighted by atomic mass is 32.2. The molecule has 2 aliphatic heterocycles. The van der Waals surface area contributed by atoms with E-state index >= 15 is 0 Å². The molecule has 0 aromatic heterocycles. The summed E-state index contributed by atoms with van der Waals surface area (Å²) in [6.45, 7) is 7.56. The number of fused-ring (bicyclic) bond motifs is 2. The number of amides is 3. The largest absolute Gasteiger partial charge is 0.494 e. The highest BCUT2D eigenvalue weighted by Crippen LogP contribution is 2.55. The Morgan fingerprint density at radius 2 is 2.04 bits per heavy atom. The van der Waals surface area contributed by atoms with Gasteiger partial charge < -0.3 is 15.0 Å². The molecule has 1 atom stereocenters. The summed E-state index contributed by atoms with van der Waals surface area (Å²) in [5.41, 5.74) is 1.36. The average molecular weight is 390 g/mol. The number of amidine groups is 1. The molecule has 3 amide bonds. The van der Waals surface area contributed by atoms with Crippen LogP contribution in [0.25, 0.3) is 0 Å². The van der Waals surface area contributed by atoms with Gasteiger partial charge in [-0.3, -0.25) is 14.4 Å². The van der Waals surface area contributed by atoms with Gasteiger partial charge in [-0.2, -0.15) is 5.01 Å². The third-order valence-corrected chi connectivity index (χ3v) is 5.47. The minimum atomic E-state index is -1.37. The van der Waals surface area contributed by atoms with Crippen LogP contribution in [0.3, 0.4) is 0 Å². The van der Waals surface area contributed by atoms with Crippen LogP contribution in [-0.2, 0) is 19.3 Å². The smallest absolute Gasteiger partial charge is 0.270 e. The van der Waals surface area contributed by atoms with Crippen molar-refractivity contribution in [3.05, 3.63) is 23.8 Å².